The van der Waals surface area contributed by atoms with Gasteiger partial charge in [-0.1, -0.05) is 27.2 Å². The number of aliphatic hydroxyl groups is 1. The van der Waals surface area contributed by atoms with Gasteiger partial charge in [0.25, 0.3) is 0 Å². The molecular weight excluding hydrogens is 388 g/mol. The Balaban J connectivity index is 2.02. The van der Waals surface area contributed by atoms with Crippen LogP contribution in [0.1, 0.15) is 59.8 Å². The number of benzene rings is 1. The molecular formula is C23H36O5S. The van der Waals surface area contributed by atoms with Gasteiger partial charge in [-0.05, 0) is 61.5 Å². The van der Waals surface area contributed by atoms with Gasteiger partial charge in [-0.2, -0.15) is 0 Å². The maximum Gasteiger partial charge on any atom is 0.179 e. The summed E-state index contributed by atoms with van der Waals surface area (Å²) in [5.41, 5.74) is -1.06. The lowest BCUT2D eigenvalue weighted by Crippen LogP contribution is -2.59. The van der Waals surface area contributed by atoms with E-state index in [1.165, 1.54) is 14.2 Å². The molecule has 29 heavy (non-hydrogen) atoms. The minimum Gasteiger partial charge on any atom is -0.497 e. The van der Waals surface area contributed by atoms with Gasteiger partial charge in [0.2, 0.25) is 0 Å². The van der Waals surface area contributed by atoms with Crippen LogP contribution in [-0.2, 0) is 9.84 Å². The molecule has 0 aliphatic heterocycles. The van der Waals surface area contributed by atoms with E-state index in [0.717, 1.165) is 25.7 Å². The first-order valence-electron chi connectivity index (χ1n) is 10.5. The van der Waals surface area contributed by atoms with Gasteiger partial charge in [0.05, 0.1) is 30.5 Å². The summed E-state index contributed by atoms with van der Waals surface area (Å²) in [5, 5.41) is 11.3. The highest BCUT2D eigenvalue weighted by molar-refractivity contribution is 7.91. The van der Waals surface area contributed by atoms with Gasteiger partial charge < -0.3 is 14.6 Å². The zero-order chi connectivity index (χ0) is 21.7. The van der Waals surface area contributed by atoms with E-state index in [-0.39, 0.29) is 27.4 Å². The first-order chi connectivity index (χ1) is 13.4. The molecule has 1 aromatic rings. The van der Waals surface area contributed by atoms with Crippen LogP contribution in [0, 0.1) is 22.7 Å². The number of sulfone groups is 1. The average Bonchev–Trinajstić information content (AvgIpc) is 2.63. The molecule has 0 aromatic heterocycles. The van der Waals surface area contributed by atoms with Crippen molar-refractivity contribution in [2.75, 3.05) is 20.0 Å². The Morgan fingerprint density at radius 1 is 1.00 bits per heavy atom. The van der Waals surface area contributed by atoms with Gasteiger partial charge in [0.1, 0.15) is 11.5 Å². The first-order valence-corrected chi connectivity index (χ1v) is 12.2. The van der Waals surface area contributed by atoms with E-state index in [1.54, 1.807) is 18.2 Å². The second-order valence-electron chi connectivity index (χ2n) is 10.2. The quantitative estimate of drug-likeness (QED) is 0.755. The third kappa shape index (κ3) is 4.02. The summed E-state index contributed by atoms with van der Waals surface area (Å²) in [5.74, 6) is 0.904. The van der Waals surface area contributed by atoms with Crippen molar-refractivity contribution < 1.29 is 23.0 Å². The van der Waals surface area contributed by atoms with Gasteiger partial charge in [0.15, 0.2) is 9.84 Å². The number of rotatable bonds is 5. The van der Waals surface area contributed by atoms with Crippen molar-refractivity contribution >= 4 is 9.84 Å². The maximum atomic E-state index is 13.5. The van der Waals surface area contributed by atoms with Crippen molar-refractivity contribution in [2.45, 2.75) is 70.3 Å². The van der Waals surface area contributed by atoms with E-state index in [9.17, 15) is 13.5 Å². The van der Waals surface area contributed by atoms with Crippen molar-refractivity contribution in [3.63, 3.8) is 0 Å². The van der Waals surface area contributed by atoms with Gasteiger partial charge in [-0.3, -0.25) is 0 Å². The SMILES string of the molecule is COc1cc(OC)cc(S(=O)(=O)C[C@@H]2[C@@]3(C)CCCC(C)(C)[C@@H]3CC[C@@]2(C)O)c1. The predicted molar refractivity (Wildman–Crippen MR) is 114 cm³/mol. The minimum absolute atomic E-state index is 0.0700. The summed E-state index contributed by atoms with van der Waals surface area (Å²) >= 11 is 0. The Bertz CT molecular complexity index is 836. The van der Waals surface area contributed by atoms with Crippen LogP contribution in [0.5, 0.6) is 11.5 Å². The summed E-state index contributed by atoms with van der Waals surface area (Å²) in [6.45, 7) is 8.63. The zero-order valence-corrected chi connectivity index (χ0v) is 19.4. The molecule has 0 unspecified atom stereocenters. The Labute approximate surface area is 175 Å². The molecule has 3 rings (SSSR count). The lowest BCUT2D eigenvalue weighted by Gasteiger charge is -2.61. The fourth-order valence-corrected chi connectivity index (χ4v) is 8.23. The highest BCUT2D eigenvalue weighted by Gasteiger charge is 2.58. The largest absolute Gasteiger partial charge is 0.497 e. The highest BCUT2D eigenvalue weighted by Crippen LogP contribution is 2.62. The summed E-state index contributed by atoms with van der Waals surface area (Å²) in [4.78, 5) is 0.185. The molecule has 4 atom stereocenters. The van der Waals surface area contributed by atoms with Gasteiger partial charge >= 0.3 is 0 Å². The second-order valence-corrected chi connectivity index (χ2v) is 12.2. The smallest absolute Gasteiger partial charge is 0.179 e. The fraction of sp³-hybridized carbons (Fsp3) is 0.739. The third-order valence-electron chi connectivity index (χ3n) is 7.83. The van der Waals surface area contributed by atoms with Crippen molar-refractivity contribution in [2.24, 2.45) is 22.7 Å². The Kier molecular flexibility index (Phi) is 5.76. The van der Waals surface area contributed by atoms with Crippen molar-refractivity contribution in [1.82, 2.24) is 0 Å². The number of methoxy groups -OCH3 is 2. The Hall–Kier alpha value is -1.27. The average molecular weight is 425 g/mol. The number of ether oxygens (including phenoxy) is 2. The fourth-order valence-electron chi connectivity index (χ4n) is 6.27. The minimum atomic E-state index is -3.64. The summed E-state index contributed by atoms with van der Waals surface area (Å²) in [7, 11) is -0.629. The zero-order valence-electron chi connectivity index (χ0n) is 18.6. The standard InChI is InChI=1S/C23H36O5S/c1-21(2)9-7-10-22(3)19(21)8-11-23(4,24)20(22)15-29(25,26)18-13-16(27-5)12-17(14-18)28-6/h12-14,19-20,24H,7-11,15H2,1-6H3/t19-,20+,22-,23+/m0/s1. The molecule has 0 radical (unpaired) electrons. The van der Waals surface area contributed by atoms with Crippen LogP contribution >= 0.6 is 0 Å². The van der Waals surface area contributed by atoms with Crippen LogP contribution < -0.4 is 9.47 Å². The van der Waals surface area contributed by atoms with E-state index in [1.807, 2.05) is 6.92 Å². The summed E-state index contributed by atoms with van der Waals surface area (Å²) < 4.78 is 37.5. The van der Waals surface area contributed by atoms with Crippen LogP contribution in [0.3, 0.4) is 0 Å². The molecule has 2 aliphatic carbocycles. The molecule has 2 fully saturated rings. The van der Waals surface area contributed by atoms with Crippen molar-refractivity contribution in [3.05, 3.63) is 18.2 Å². The topological polar surface area (TPSA) is 72.8 Å². The highest BCUT2D eigenvalue weighted by atomic mass is 32.2. The normalized spacial score (nSPS) is 34.3. The molecule has 0 spiro atoms. The molecule has 0 amide bonds. The molecule has 0 bridgehead atoms. The molecule has 1 aromatic carbocycles. The number of fused-ring (bicyclic) bond motifs is 1. The first kappa shape index (κ1) is 22.4. The second kappa shape index (κ2) is 7.45. The number of hydrogen-bond donors (Lipinski definition) is 1. The molecule has 0 saturated heterocycles. The number of hydrogen-bond acceptors (Lipinski definition) is 5. The lowest BCUT2D eigenvalue weighted by atomic mass is 9.46. The third-order valence-corrected chi connectivity index (χ3v) is 9.56. The summed E-state index contributed by atoms with van der Waals surface area (Å²) in [6.07, 6.45) is 4.76. The van der Waals surface area contributed by atoms with Crippen molar-refractivity contribution in [1.29, 1.82) is 0 Å². The molecule has 5 nitrogen and oxygen atoms in total. The van der Waals surface area contributed by atoms with E-state index < -0.39 is 15.4 Å². The Morgan fingerprint density at radius 3 is 2.14 bits per heavy atom. The van der Waals surface area contributed by atoms with Crippen LogP contribution in [0.4, 0.5) is 0 Å². The lowest BCUT2D eigenvalue weighted by molar-refractivity contribution is -0.158. The maximum absolute atomic E-state index is 13.5. The Morgan fingerprint density at radius 2 is 1.59 bits per heavy atom. The van der Waals surface area contributed by atoms with E-state index in [4.69, 9.17) is 9.47 Å². The molecule has 1 N–H and O–H groups in total. The van der Waals surface area contributed by atoms with Crippen LogP contribution in [0.15, 0.2) is 23.1 Å². The molecule has 2 saturated carbocycles. The van der Waals surface area contributed by atoms with Crippen LogP contribution in [0.2, 0.25) is 0 Å². The van der Waals surface area contributed by atoms with Gasteiger partial charge in [0, 0.05) is 12.0 Å². The monoisotopic (exact) mass is 424 g/mol. The summed E-state index contributed by atoms with van der Waals surface area (Å²) in [6, 6.07) is 4.75. The predicted octanol–water partition coefficient (Wildman–Crippen LogP) is 4.47. The van der Waals surface area contributed by atoms with Crippen LogP contribution in [-0.4, -0.2) is 39.1 Å². The van der Waals surface area contributed by atoms with Crippen molar-refractivity contribution in [3.8, 4) is 11.5 Å². The molecule has 6 heteroatoms. The molecule has 2 aliphatic rings. The van der Waals surface area contributed by atoms with Crippen LogP contribution in [0.25, 0.3) is 0 Å². The van der Waals surface area contributed by atoms with E-state index in [2.05, 4.69) is 20.8 Å². The molecule has 0 heterocycles. The molecule has 164 valence electrons. The van der Waals surface area contributed by atoms with E-state index in [0.29, 0.717) is 23.8 Å². The van der Waals surface area contributed by atoms with E-state index >= 15 is 0 Å². The van der Waals surface area contributed by atoms with Gasteiger partial charge in [-0.15, -0.1) is 0 Å². The van der Waals surface area contributed by atoms with Gasteiger partial charge in [-0.25, -0.2) is 8.42 Å².